The van der Waals surface area contributed by atoms with Gasteiger partial charge in [-0.25, -0.2) is 5.43 Å². The van der Waals surface area contributed by atoms with Gasteiger partial charge in [0.2, 0.25) is 5.91 Å². The first-order chi connectivity index (χ1) is 12.2. The zero-order valence-electron chi connectivity index (χ0n) is 14.6. The van der Waals surface area contributed by atoms with Crippen molar-refractivity contribution in [2.45, 2.75) is 13.3 Å². The fraction of sp³-hybridized carbons (Fsp3) is 0.263. The van der Waals surface area contributed by atoms with Gasteiger partial charge in [-0.3, -0.25) is 4.79 Å². The van der Waals surface area contributed by atoms with Crippen molar-refractivity contribution < 1.29 is 19.0 Å². The third kappa shape index (κ3) is 5.53. The molecular weight excluding hydrogens is 320 g/mol. The Hall–Kier alpha value is -3.02. The summed E-state index contributed by atoms with van der Waals surface area (Å²) in [6, 6.07) is 12.8. The highest BCUT2D eigenvalue weighted by Crippen LogP contribution is 2.22. The molecule has 132 valence electrons. The first-order valence-corrected chi connectivity index (χ1v) is 7.92. The molecule has 2 rings (SSSR count). The molecule has 0 radical (unpaired) electrons. The average molecular weight is 342 g/mol. The fourth-order valence-electron chi connectivity index (χ4n) is 2.21. The summed E-state index contributed by atoms with van der Waals surface area (Å²) in [4.78, 5) is 12.0. The summed E-state index contributed by atoms with van der Waals surface area (Å²) in [6.45, 7) is 2.54. The van der Waals surface area contributed by atoms with Crippen LogP contribution in [0.25, 0.3) is 0 Å². The van der Waals surface area contributed by atoms with Crippen molar-refractivity contribution in [2.75, 3.05) is 20.8 Å². The van der Waals surface area contributed by atoms with Gasteiger partial charge in [0, 0.05) is 5.56 Å². The van der Waals surface area contributed by atoms with Gasteiger partial charge in [0.1, 0.15) is 17.2 Å². The van der Waals surface area contributed by atoms with Gasteiger partial charge < -0.3 is 14.2 Å². The predicted octanol–water partition coefficient (Wildman–Crippen LogP) is 2.80. The van der Waals surface area contributed by atoms with E-state index in [0.717, 1.165) is 11.3 Å². The van der Waals surface area contributed by atoms with Crippen molar-refractivity contribution in [3.63, 3.8) is 0 Å². The van der Waals surface area contributed by atoms with Crippen LogP contribution in [0.1, 0.15) is 18.1 Å². The van der Waals surface area contributed by atoms with Crippen LogP contribution < -0.4 is 19.6 Å². The van der Waals surface area contributed by atoms with Crippen LogP contribution in [0.4, 0.5) is 0 Å². The number of amides is 1. The summed E-state index contributed by atoms with van der Waals surface area (Å²) < 4.78 is 15.8. The molecule has 2 aromatic carbocycles. The van der Waals surface area contributed by atoms with E-state index in [1.807, 2.05) is 31.2 Å². The second-order valence-electron chi connectivity index (χ2n) is 5.15. The van der Waals surface area contributed by atoms with E-state index in [1.54, 1.807) is 32.4 Å². The minimum Gasteiger partial charge on any atom is -0.497 e. The van der Waals surface area contributed by atoms with Crippen LogP contribution in [0, 0.1) is 0 Å². The van der Waals surface area contributed by atoms with E-state index in [2.05, 4.69) is 10.5 Å². The summed E-state index contributed by atoms with van der Waals surface area (Å²) in [7, 11) is 3.16. The predicted molar refractivity (Wildman–Crippen MR) is 96.6 cm³/mol. The Kier molecular flexibility index (Phi) is 6.83. The number of hydrogen-bond donors (Lipinski definition) is 1. The maximum absolute atomic E-state index is 12.0. The molecule has 0 aliphatic carbocycles. The largest absolute Gasteiger partial charge is 0.497 e. The van der Waals surface area contributed by atoms with Crippen LogP contribution >= 0.6 is 0 Å². The third-order valence-corrected chi connectivity index (χ3v) is 3.43. The number of carbonyl (C=O) groups excluding carboxylic acids is 1. The Labute approximate surface area is 147 Å². The molecule has 0 heterocycles. The highest BCUT2D eigenvalue weighted by atomic mass is 16.5. The molecule has 2 aromatic rings. The molecule has 6 nitrogen and oxygen atoms in total. The highest BCUT2D eigenvalue weighted by molar-refractivity contribution is 5.86. The lowest BCUT2D eigenvalue weighted by atomic mass is 10.1. The van der Waals surface area contributed by atoms with Gasteiger partial charge in [-0.05, 0) is 42.8 Å². The van der Waals surface area contributed by atoms with E-state index in [0.29, 0.717) is 23.7 Å². The Morgan fingerprint density at radius 3 is 2.44 bits per heavy atom. The van der Waals surface area contributed by atoms with Crippen LogP contribution in [-0.4, -0.2) is 32.9 Å². The lowest BCUT2D eigenvalue weighted by molar-refractivity contribution is -0.120. The molecule has 6 heteroatoms. The topological polar surface area (TPSA) is 69.2 Å². The van der Waals surface area contributed by atoms with Crippen LogP contribution in [0.2, 0.25) is 0 Å². The van der Waals surface area contributed by atoms with Crippen LogP contribution in [0.3, 0.4) is 0 Å². The fourth-order valence-corrected chi connectivity index (χ4v) is 2.21. The van der Waals surface area contributed by atoms with Crippen molar-refractivity contribution >= 4 is 12.1 Å². The quantitative estimate of drug-likeness (QED) is 0.592. The van der Waals surface area contributed by atoms with Gasteiger partial charge in [0.05, 0.1) is 33.5 Å². The zero-order valence-corrected chi connectivity index (χ0v) is 14.6. The van der Waals surface area contributed by atoms with Crippen LogP contribution in [0.15, 0.2) is 47.6 Å². The Balaban J connectivity index is 1.94. The maximum atomic E-state index is 12.0. The molecule has 1 N–H and O–H groups in total. The van der Waals surface area contributed by atoms with Gasteiger partial charge in [0.25, 0.3) is 0 Å². The summed E-state index contributed by atoms with van der Waals surface area (Å²) in [5.41, 5.74) is 4.11. The van der Waals surface area contributed by atoms with Gasteiger partial charge in [-0.2, -0.15) is 5.10 Å². The molecule has 0 aromatic heterocycles. The Bertz CT molecular complexity index is 727. The lowest BCUT2D eigenvalue weighted by Gasteiger charge is -2.07. The number of carbonyl (C=O) groups is 1. The average Bonchev–Trinajstić information content (AvgIpc) is 2.63. The minimum absolute atomic E-state index is 0.206. The number of hydrazone groups is 1. The molecule has 0 aliphatic heterocycles. The second kappa shape index (κ2) is 9.32. The molecular formula is C19H22N2O4. The molecule has 0 fully saturated rings. The summed E-state index contributed by atoms with van der Waals surface area (Å²) in [5.74, 6) is 1.91. The SMILES string of the molecule is CCOc1ccc(CC(=O)N/N=C/c2cc(OC)ccc2OC)cc1. The third-order valence-electron chi connectivity index (χ3n) is 3.43. The molecule has 0 atom stereocenters. The lowest BCUT2D eigenvalue weighted by Crippen LogP contribution is -2.19. The number of hydrogen-bond acceptors (Lipinski definition) is 5. The standard InChI is InChI=1S/C19H22N2O4/c1-4-25-16-7-5-14(6-8-16)11-19(22)21-20-13-15-12-17(23-2)9-10-18(15)24-3/h5-10,12-13H,4,11H2,1-3H3,(H,21,22)/b20-13+. The van der Waals surface area contributed by atoms with Crippen LogP contribution in [-0.2, 0) is 11.2 Å². The van der Waals surface area contributed by atoms with Gasteiger partial charge in [-0.15, -0.1) is 0 Å². The number of nitrogens with one attached hydrogen (secondary N) is 1. The normalized spacial score (nSPS) is 10.5. The first-order valence-electron chi connectivity index (χ1n) is 7.92. The maximum Gasteiger partial charge on any atom is 0.244 e. The molecule has 0 aliphatic rings. The molecule has 0 saturated heterocycles. The molecule has 25 heavy (non-hydrogen) atoms. The van der Waals surface area contributed by atoms with Crippen molar-refractivity contribution in [3.05, 3.63) is 53.6 Å². The van der Waals surface area contributed by atoms with Crippen LogP contribution in [0.5, 0.6) is 17.2 Å². The number of nitrogens with zero attached hydrogens (tertiary/aromatic N) is 1. The summed E-state index contributed by atoms with van der Waals surface area (Å²) in [5, 5.41) is 3.98. The van der Waals surface area contributed by atoms with E-state index in [-0.39, 0.29) is 12.3 Å². The number of benzene rings is 2. The Morgan fingerprint density at radius 2 is 1.80 bits per heavy atom. The van der Waals surface area contributed by atoms with Gasteiger partial charge in [0.15, 0.2) is 0 Å². The van der Waals surface area contributed by atoms with E-state index in [4.69, 9.17) is 14.2 Å². The number of rotatable bonds is 8. The van der Waals surface area contributed by atoms with Crippen molar-refractivity contribution in [1.82, 2.24) is 5.43 Å². The smallest absolute Gasteiger partial charge is 0.244 e. The second-order valence-corrected chi connectivity index (χ2v) is 5.15. The van der Waals surface area contributed by atoms with Gasteiger partial charge in [-0.1, -0.05) is 12.1 Å². The van der Waals surface area contributed by atoms with Crippen molar-refractivity contribution in [1.29, 1.82) is 0 Å². The molecule has 0 saturated carbocycles. The van der Waals surface area contributed by atoms with Crippen molar-refractivity contribution in [2.24, 2.45) is 5.10 Å². The molecule has 1 amide bonds. The minimum atomic E-state index is -0.206. The number of methoxy groups -OCH3 is 2. The van der Waals surface area contributed by atoms with E-state index < -0.39 is 0 Å². The molecule has 0 bridgehead atoms. The van der Waals surface area contributed by atoms with E-state index in [9.17, 15) is 4.79 Å². The van der Waals surface area contributed by atoms with Crippen molar-refractivity contribution in [3.8, 4) is 17.2 Å². The summed E-state index contributed by atoms with van der Waals surface area (Å²) >= 11 is 0. The first kappa shape index (κ1) is 18.3. The highest BCUT2D eigenvalue weighted by Gasteiger charge is 2.05. The monoisotopic (exact) mass is 342 g/mol. The summed E-state index contributed by atoms with van der Waals surface area (Å²) in [6.07, 6.45) is 1.76. The van der Waals surface area contributed by atoms with E-state index in [1.165, 1.54) is 6.21 Å². The zero-order chi connectivity index (χ0) is 18.1. The molecule has 0 spiro atoms. The Morgan fingerprint density at radius 1 is 1.08 bits per heavy atom. The van der Waals surface area contributed by atoms with E-state index >= 15 is 0 Å². The van der Waals surface area contributed by atoms with Gasteiger partial charge >= 0.3 is 0 Å². The molecule has 0 unspecified atom stereocenters. The number of ether oxygens (including phenoxy) is 3.